The molecule has 2 rings (SSSR count). The number of amides is 3. The first-order valence-electron chi connectivity index (χ1n) is 8.68. The molecular weight excluding hydrogens is 356 g/mol. The summed E-state index contributed by atoms with van der Waals surface area (Å²) in [5.74, 6) is -1.80. The highest BCUT2D eigenvalue weighted by molar-refractivity contribution is 6.07. The van der Waals surface area contributed by atoms with Gasteiger partial charge in [0.2, 0.25) is 0 Å². The molecule has 148 valence electrons. The summed E-state index contributed by atoms with van der Waals surface area (Å²) in [6, 6.07) is 3.34. The van der Waals surface area contributed by atoms with Crippen LogP contribution in [0.5, 0.6) is 5.75 Å². The Morgan fingerprint density at radius 2 is 1.93 bits per heavy atom. The lowest BCUT2D eigenvalue weighted by molar-refractivity contribution is -0.148. The summed E-state index contributed by atoms with van der Waals surface area (Å²) in [5.41, 5.74) is 0.485. The summed E-state index contributed by atoms with van der Waals surface area (Å²) in [4.78, 5) is 37.3. The third kappa shape index (κ3) is 4.55. The average molecular weight is 380 g/mol. The second kappa shape index (κ2) is 8.83. The van der Waals surface area contributed by atoms with E-state index in [-0.39, 0.29) is 12.5 Å². The minimum absolute atomic E-state index is 0.0854. The zero-order chi connectivity index (χ0) is 20.1. The van der Waals surface area contributed by atoms with Gasteiger partial charge in [0.25, 0.3) is 5.91 Å². The molecule has 0 saturated carbocycles. The number of hydrogen-bond acceptors (Lipinski definition) is 6. The van der Waals surface area contributed by atoms with Crippen molar-refractivity contribution in [1.82, 2.24) is 10.2 Å². The Morgan fingerprint density at radius 3 is 2.44 bits per heavy atom. The number of imide groups is 1. The number of aliphatic hydroxyl groups is 2. The molecule has 0 spiro atoms. The Hall–Kier alpha value is -2.65. The van der Waals surface area contributed by atoms with E-state index >= 15 is 0 Å². The summed E-state index contributed by atoms with van der Waals surface area (Å²) in [6.07, 6.45) is -0.493. The first-order valence-corrected chi connectivity index (χ1v) is 8.68. The van der Waals surface area contributed by atoms with Crippen molar-refractivity contribution >= 4 is 17.9 Å². The van der Waals surface area contributed by atoms with Crippen LogP contribution in [0.25, 0.3) is 0 Å². The molecule has 1 aromatic rings. The van der Waals surface area contributed by atoms with E-state index in [0.717, 1.165) is 4.90 Å². The first-order chi connectivity index (χ1) is 12.8. The third-order valence-electron chi connectivity index (χ3n) is 4.55. The summed E-state index contributed by atoms with van der Waals surface area (Å²) in [5, 5.41) is 30.0. The Morgan fingerprint density at radius 1 is 1.30 bits per heavy atom. The van der Waals surface area contributed by atoms with Crippen LogP contribution in [0.3, 0.4) is 0 Å². The van der Waals surface area contributed by atoms with E-state index in [1.165, 1.54) is 0 Å². The molecule has 1 aliphatic rings. The zero-order valence-electron chi connectivity index (χ0n) is 15.2. The molecule has 9 heteroatoms. The number of hydrogen-bond donors (Lipinski definition) is 4. The smallest absolute Gasteiger partial charge is 0.327 e. The minimum Gasteiger partial charge on any atom is -0.491 e. The second-order valence-corrected chi connectivity index (χ2v) is 6.48. The van der Waals surface area contributed by atoms with E-state index in [4.69, 9.17) is 9.84 Å². The standard InChI is InChI=1S/C18H24N2O7/c1-3-10(2)15(17(24)25)20-16(23)14(19-18(20)26)11-4-6-13(7-5-11)27-9-12(22)8-21/h4-7,10,12,14-15,21-22H,3,8-9H2,1-2H3,(H,19,26)(H,24,25)/t10-,12?,14?,15-/m0/s1. The number of benzene rings is 1. The highest BCUT2D eigenvalue weighted by Crippen LogP contribution is 2.28. The van der Waals surface area contributed by atoms with Crippen molar-refractivity contribution in [2.45, 2.75) is 38.5 Å². The Kier molecular flexibility index (Phi) is 6.75. The van der Waals surface area contributed by atoms with Gasteiger partial charge in [-0.1, -0.05) is 32.4 Å². The van der Waals surface area contributed by atoms with Crippen molar-refractivity contribution in [2.24, 2.45) is 5.92 Å². The van der Waals surface area contributed by atoms with Crippen molar-refractivity contribution in [3.05, 3.63) is 29.8 Å². The molecule has 0 aromatic heterocycles. The summed E-state index contributed by atoms with van der Waals surface area (Å²) >= 11 is 0. The van der Waals surface area contributed by atoms with Crippen LogP contribution in [0.15, 0.2) is 24.3 Å². The lowest BCUT2D eigenvalue weighted by Gasteiger charge is -2.26. The van der Waals surface area contributed by atoms with Crippen molar-refractivity contribution < 1.29 is 34.4 Å². The highest BCUT2D eigenvalue weighted by atomic mass is 16.5. The maximum Gasteiger partial charge on any atom is 0.327 e. The minimum atomic E-state index is -1.23. The number of nitrogens with zero attached hydrogens (tertiary/aromatic N) is 1. The van der Waals surface area contributed by atoms with Gasteiger partial charge in [-0.05, 0) is 23.6 Å². The van der Waals surface area contributed by atoms with E-state index in [1.54, 1.807) is 38.1 Å². The number of rotatable bonds is 9. The number of ether oxygens (including phenoxy) is 1. The van der Waals surface area contributed by atoms with Gasteiger partial charge in [-0.25, -0.2) is 14.5 Å². The zero-order valence-corrected chi connectivity index (χ0v) is 15.2. The van der Waals surface area contributed by atoms with E-state index in [2.05, 4.69) is 5.32 Å². The van der Waals surface area contributed by atoms with E-state index in [1.807, 2.05) is 0 Å². The maximum atomic E-state index is 12.7. The average Bonchev–Trinajstić information content (AvgIpc) is 2.94. The van der Waals surface area contributed by atoms with Crippen LogP contribution in [0.1, 0.15) is 31.9 Å². The van der Waals surface area contributed by atoms with Crippen LogP contribution in [-0.4, -0.2) is 63.5 Å². The summed E-state index contributed by atoms with van der Waals surface area (Å²) in [7, 11) is 0. The predicted molar refractivity (Wildman–Crippen MR) is 94.0 cm³/mol. The molecule has 1 aromatic carbocycles. The van der Waals surface area contributed by atoms with Crippen molar-refractivity contribution in [2.75, 3.05) is 13.2 Å². The van der Waals surface area contributed by atoms with Gasteiger partial charge in [-0.15, -0.1) is 0 Å². The molecule has 1 fully saturated rings. The highest BCUT2D eigenvalue weighted by Gasteiger charge is 2.46. The lowest BCUT2D eigenvalue weighted by Crippen LogP contribution is -2.48. The monoisotopic (exact) mass is 380 g/mol. The van der Waals surface area contributed by atoms with Crippen molar-refractivity contribution in [3.8, 4) is 5.75 Å². The second-order valence-electron chi connectivity index (χ2n) is 6.48. The third-order valence-corrected chi connectivity index (χ3v) is 4.55. The fourth-order valence-corrected chi connectivity index (χ4v) is 2.82. The number of carbonyl (C=O) groups excluding carboxylic acids is 2. The molecule has 4 N–H and O–H groups in total. The molecule has 1 heterocycles. The van der Waals surface area contributed by atoms with Crippen molar-refractivity contribution in [3.63, 3.8) is 0 Å². The van der Waals surface area contributed by atoms with Crippen LogP contribution in [0.2, 0.25) is 0 Å². The topological polar surface area (TPSA) is 136 Å². The number of urea groups is 1. The van der Waals surface area contributed by atoms with E-state index in [9.17, 15) is 24.6 Å². The van der Waals surface area contributed by atoms with Gasteiger partial charge < -0.3 is 25.4 Å². The Bertz CT molecular complexity index is 691. The number of aliphatic carboxylic acids is 1. The lowest BCUT2D eigenvalue weighted by atomic mass is 9.97. The van der Waals surface area contributed by atoms with Gasteiger partial charge in [0.05, 0.1) is 6.61 Å². The molecule has 3 amide bonds. The molecule has 27 heavy (non-hydrogen) atoms. The van der Waals surface area contributed by atoms with Crippen molar-refractivity contribution in [1.29, 1.82) is 0 Å². The predicted octanol–water partition coefficient (Wildman–Crippen LogP) is 0.511. The van der Waals surface area contributed by atoms with Gasteiger partial charge >= 0.3 is 12.0 Å². The molecule has 0 bridgehead atoms. The molecular formula is C18H24N2O7. The largest absolute Gasteiger partial charge is 0.491 e. The van der Waals surface area contributed by atoms with E-state index in [0.29, 0.717) is 17.7 Å². The first kappa shape index (κ1) is 20.7. The van der Waals surface area contributed by atoms with E-state index < -0.39 is 42.7 Å². The maximum absolute atomic E-state index is 12.7. The molecule has 1 aliphatic heterocycles. The van der Waals surface area contributed by atoms with Crippen LogP contribution in [0, 0.1) is 5.92 Å². The Balaban J connectivity index is 2.15. The van der Waals surface area contributed by atoms with Crippen LogP contribution in [-0.2, 0) is 9.59 Å². The van der Waals surface area contributed by atoms with Gasteiger partial charge in [0.15, 0.2) is 0 Å². The molecule has 2 unspecified atom stereocenters. The molecule has 1 saturated heterocycles. The van der Waals surface area contributed by atoms with Gasteiger partial charge in [-0.2, -0.15) is 0 Å². The molecule has 0 aliphatic carbocycles. The van der Waals surface area contributed by atoms with Crippen LogP contribution in [0.4, 0.5) is 4.79 Å². The summed E-state index contributed by atoms with van der Waals surface area (Å²) < 4.78 is 5.29. The fourth-order valence-electron chi connectivity index (χ4n) is 2.82. The number of carbonyl (C=O) groups is 3. The fraction of sp³-hybridized carbons (Fsp3) is 0.500. The molecule has 4 atom stereocenters. The number of aliphatic hydroxyl groups excluding tert-OH is 2. The number of carboxylic acid groups (broad SMARTS) is 1. The number of nitrogens with one attached hydrogen (secondary N) is 1. The van der Waals surface area contributed by atoms with Crippen LogP contribution >= 0.6 is 0 Å². The van der Waals surface area contributed by atoms with Crippen LogP contribution < -0.4 is 10.1 Å². The van der Waals surface area contributed by atoms with Gasteiger partial charge in [0, 0.05) is 0 Å². The normalized spacial score (nSPS) is 20.1. The Labute approximate surface area is 156 Å². The van der Waals surface area contributed by atoms with Gasteiger partial charge in [0.1, 0.15) is 30.5 Å². The van der Waals surface area contributed by atoms with Gasteiger partial charge in [-0.3, -0.25) is 4.79 Å². The number of carboxylic acids is 1. The summed E-state index contributed by atoms with van der Waals surface area (Å²) in [6.45, 7) is 2.97. The molecule has 9 nitrogen and oxygen atoms in total. The quantitative estimate of drug-likeness (QED) is 0.458. The SMILES string of the molecule is CC[C@H](C)[C@@H](C(=O)O)N1C(=O)NC(c2ccc(OCC(O)CO)cc2)C1=O. The molecule has 0 radical (unpaired) electrons.